The second-order valence-electron chi connectivity index (χ2n) is 9.93. The van der Waals surface area contributed by atoms with Crippen LogP contribution in [0.3, 0.4) is 0 Å². The van der Waals surface area contributed by atoms with Crippen molar-refractivity contribution in [2.24, 2.45) is 17.1 Å². The van der Waals surface area contributed by atoms with E-state index in [2.05, 4.69) is 10.6 Å². The van der Waals surface area contributed by atoms with Crippen molar-refractivity contribution in [1.29, 1.82) is 0 Å². The smallest absolute Gasteiger partial charge is 0.407 e. The first kappa shape index (κ1) is 24.4. The zero-order valence-corrected chi connectivity index (χ0v) is 19.0. The molecule has 8 heteroatoms. The standard InChI is InChI=1S/C22H40N4O4/c1-5-30-21(29)25-17(12-22(2,3)4)20(28)26-14-16(23)11-18(26)19(27)24-13-15-9-7-6-8-10-15/h15-18H,5-14,23H2,1-4H3,(H,24,27)(H,25,29)/t16-,17-,18+/m1/s1. The molecule has 0 aromatic carbocycles. The van der Waals surface area contributed by atoms with Crippen LogP contribution in [0.1, 0.15) is 72.6 Å². The molecule has 2 aliphatic rings. The lowest BCUT2D eigenvalue weighted by Crippen LogP contribution is -2.54. The zero-order valence-electron chi connectivity index (χ0n) is 19.0. The third-order valence-electron chi connectivity index (χ3n) is 5.89. The van der Waals surface area contributed by atoms with Gasteiger partial charge in [-0.15, -0.1) is 0 Å². The highest BCUT2D eigenvalue weighted by Crippen LogP contribution is 2.26. The molecule has 0 spiro atoms. The molecule has 2 fully saturated rings. The molecule has 172 valence electrons. The average Bonchev–Trinajstić information content (AvgIpc) is 3.06. The SMILES string of the molecule is CCOC(=O)N[C@H](CC(C)(C)C)C(=O)N1C[C@H](N)C[C@H]1C(=O)NCC1CCCCC1. The van der Waals surface area contributed by atoms with Gasteiger partial charge < -0.3 is 26.0 Å². The number of hydrogen-bond acceptors (Lipinski definition) is 5. The Bertz CT molecular complexity index is 598. The van der Waals surface area contributed by atoms with Crippen molar-refractivity contribution in [3.05, 3.63) is 0 Å². The van der Waals surface area contributed by atoms with Crippen molar-refractivity contribution >= 4 is 17.9 Å². The summed E-state index contributed by atoms with van der Waals surface area (Å²) in [6, 6.07) is -1.61. The van der Waals surface area contributed by atoms with Crippen LogP contribution in [0.5, 0.6) is 0 Å². The van der Waals surface area contributed by atoms with Gasteiger partial charge >= 0.3 is 6.09 Å². The van der Waals surface area contributed by atoms with E-state index in [0.29, 0.717) is 31.8 Å². The first-order chi connectivity index (χ1) is 14.1. The fraction of sp³-hybridized carbons (Fsp3) is 0.864. The maximum atomic E-state index is 13.3. The van der Waals surface area contributed by atoms with Gasteiger partial charge in [-0.3, -0.25) is 9.59 Å². The second-order valence-corrected chi connectivity index (χ2v) is 9.93. The van der Waals surface area contributed by atoms with E-state index in [1.807, 2.05) is 20.8 Å². The van der Waals surface area contributed by atoms with Gasteiger partial charge in [-0.2, -0.15) is 0 Å². The molecule has 1 saturated heterocycles. The summed E-state index contributed by atoms with van der Waals surface area (Å²) in [6.45, 7) is 8.92. The minimum Gasteiger partial charge on any atom is -0.450 e. The fourth-order valence-corrected chi connectivity index (χ4v) is 4.44. The summed E-state index contributed by atoms with van der Waals surface area (Å²) in [5, 5.41) is 5.73. The van der Waals surface area contributed by atoms with Crippen LogP contribution >= 0.6 is 0 Å². The predicted molar refractivity (Wildman–Crippen MR) is 116 cm³/mol. The van der Waals surface area contributed by atoms with E-state index < -0.39 is 18.2 Å². The van der Waals surface area contributed by atoms with Gasteiger partial charge in [0.05, 0.1) is 6.61 Å². The van der Waals surface area contributed by atoms with Crippen molar-refractivity contribution in [3.8, 4) is 0 Å². The predicted octanol–water partition coefficient (Wildman–Crippen LogP) is 2.16. The number of carbonyl (C=O) groups excluding carboxylic acids is 3. The van der Waals surface area contributed by atoms with E-state index in [0.717, 1.165) is 12.8 Å². The number of nitrogens with zero attached hydrogens (tertiary/aromatic N) is 1. The summed E-state index contributed by atoms with van der Waals surface area (Å²) in [4.78, 5) is 39.8. The van der Waals surface area contributed by atoms with Crippen LogP contribution in [0.4, 0.5) is 4.79 Å². The molecule has 1 aliphatic carbocycles. The van der Waals surface area contributed by atoms with Gasteiger partial charge in [0.25, 0.3) is 0 Å². The van der Waals surface area contributed by atoms with E-state index in [-0.39, 0.29) is 29.9 Å². The number of hydrogen-bond donors (Lipinski definition) is 3. The average molecular weight is 425 g/mol. The van der Waals surface area contributed by atoms with E-state index in [1.165, 1.54) is 19.3 Å². The van der Waals surface area contributed by atoms with Crippen LogP contribution in [-0.2, 0) is 14.3 Å². The van der Waals surface area contributed by atoms with Crippen LogP contribution < -0.4 is 16.4 Å². The van der Waals surface area contributed by atoms with Crippen molar-refractivity contribution in [2.45, 2.75) is 90.8 Å². The van der Waals surface area contributed by atoms with Gasteiger partial charge in [-0.25, -0.2) is 4.79 Å². The van der Waals surface area contributed by atoms with E-state index in [1.54, 1.807) is 11.8 Å². The Kier molecular flexibility index (Phi) is 8.94. The van der Waals surface area contributed by atoms with Crippen molar-refractivity contribution < 1.29 is 19.1 Å². The van der Waals surface area contributed by atoms with Crippen LogP contribution in [0.25, 0.3) is 0 Å². The maximum absolute atomic E-state index is 13.3. The summed E-state index contributed by atoms with van der Waals surface area (Å²) in [6.07, 6.45) is 6.24. The number of nitrogens with one attached hydrogen (secondary N) is 2. The Morgan fingerprint density at radius 3 is 2.43 bits per heavy atom. The monoisotopic (exact) mass is 424 g/mol. The summed E-state index contributed by atoms with van der Waals surface area (Å²) >= 11 is 0. The number of carbonyl (C=O) groups is 3. The molecule has 8 nitrogen and oxygen atoms in total. The van der Waals surface area contributed by atoms with E-state index in [9.17, 15) is 14.4 Å². The molecule has 0 aromatic rings. The lowest BCUT2D eigenvalue weighted by molar-refractivity contribution is -0.140. The molecule has 2 rings (SSSR count). The quantitative estimate of drug-likeness (QED) is 0.579. The summed E-state index contributed by atoms with van der Waals surface area (Å²) in [5.41, 5.74) is 5.93. The molecular formula is C22H40N4O4. The van der Waals surface area contributed by atoms with Gasteiger partial charge in [-0.1, -0.05) is 40.0 Å². The number of likely N-dealkylation sites (tertiary alicyclic amines) is 1. The van der Waals surface area contributed by atoms with Crippen molar-refractivity contribution in [1.82, 2.24) is 15.5 Å². The Hall–Kier alpha value is -1.83. The molecule has 4 N–H and O–H groups in total. The van der Waals surface area contributed by atoms with E-state index in [4.69, 9.17) is 10.5 Å². The second kappa shape index (κ2) is 11.0. The lowest BCUT2D eigenvalue weighted by atomic mass is 9.87. The number of ether oxygens (including phenoxy) is 1. The Morgan fingerprint density at radius 2 is 1.83 bits per heavy atom. The summed E-state index contributed by atoms with van der Waals surface area (Å²) in [7, 11) is 0. The number of alkyl carbamates (subject to hydrolysis) is 1. The Labute approximate surface area is 180 Å². The molecule has 3 atom stereocenters. The first-order valence-electron chi connectivity index (χ1n) is 11.4. The zero-order chi connectivity index (χ0) is 22.3. The highest BCUT2D eigenvalue weighted by Gasteiger charge is 2.41. The van der Waals surface area contributed by atoms with Gasteiger partial charge in [0.1, 0.15) is 12.1 Å². The van der Waals surface area contributed by atoms with Gasteiger partial charge in [0, 0.05) is 19.1 Å². The van der Waals surface area contributed by atoms with Gasteiger partial charge in [0.2, 0.25) is 11.8 Å². The van der Waals surface area contributed by atoms with Crippen molar-refractivity contribution in [2.75, 3.05) is 19.7 Å². The molecule has 0 unspecified atom stereocenters. The molecule has 3 amide bonds. The lowest BCUT2D eigenvalue weighted by Gasteiger charge is -2.32. The third-order valence-corrected chi connectivity index (χ3v) is 5.89. The van der Waals surface area contributed by atoms with E-state index >= 15 is 0 Å². The summed E-state index contributed by atoms with van der Waals surface area (Å²) in [5.74, 6) is 0.0947. The largest absolute Gasteiger partial charge is 0.450 e. The molecule has 0 bridgehead atoms. The van der Waals surface area contributed by atoms with Crippen LogP contribution in [0.2, 0.25) is 0 Å². The molecule has 1 heterocycles. The highest BCUT2D eigenvalue weighted by molar-refractivity contribution is 5.92. The number of nitrogens with two attached hydrogens (primary N) is 1. The first-order valence-corrected chi connectivity index (χ1v) is 11.4. The normalized spacial score (nSPS) is 23.7. The van der Waals surface area contributed by atoms with Gasteiger partial charge in [-0.05, 0) is 43.9 Å². The molecule has 30 heavy (non-hydrogen) atoms. The molecular weight excluding hydrogens is 384 g/mol. The van der Waals surface area contributed by atoms with Gasteiger partial charge in [0.15, 0.2) is 0 Å². The third kappa shape index (κ3) is 7.45. The Balaban J connectivity index is 2.05. The number of rotatable bonds is 7. The topological polar surface area (TPSA) is 114 Å². The van der Waals surface area contributed by atoms with Crippen LogP contribution in [-0.4, -0.2) is 60.6 Å². The molecule has 1 aliphatic heterocycles. The molecule has 1 saturated carbocycles. The molecule has 0 aromatic heterocycles. The minimum atomic E-state index is -0.761. The van der Waals surface area contributed by atoms with Crippen molar-refractivity contribution in [3.63, 3.8) is 0 Å². The summed E-state index contributed by atoms with van der Waals surface area (Å²) < 4.78 is 4.98. The highest BCUT2D eigenvalue weighted by atomic mass is 16.5. The Morgan fingerprint density at radius 1 is 1.17 bits per heavy atom. The van der Waals surface area contributed by atoms with Crippen LogP contribution in [0.15, 0.2) is 0 Å². The minimum absolute atomic E-state index is 0.146. The maximum Gasteiger partial charge on any atom is 0.407 e. The van der Waals surface area contributed by atoms with Crippen LogP contribution in [0, 0.1) is 11.3 Å². The number of amides is 3. The molecule has 0 radical (unpaired) electrons. The fourth-order valence-electron chi connectivity index (χ4n) is 4.44.